The Kier molecular flexibility index (Phi) is 7.88. The average Bonchev–Trinajstić information content (AvgIpc) is 2.92. The van der Waals surface area contributed by atoms with Crippen molar-refractivity contribution in [1.82, 2.24) is 15.2 Å². The Morgan fingerprint density at radius 3 is 2.33 bits per heavy atom. The van der Waals surface area contributed by atoms with Crippen LogP contribution in [0.15, 0.2) is 60.7 Å². The average molecular weight is 488 g/mol. The molecular formula is C29H33N3O4. The van der Waals surface area contributed by atoms with Crippen LogP contribution in [0.5, 0.6) is 11.5 Å². The Bertz CT molecular complexity index is 1220. The van der Waals surface area contributed by atoms with Gasteiger partial charge < -0.3 is 19.7 Å². The molecule has 1 atom stereocenters. The number of nitrogens with zero attached hydrogens (tertiary/aromatic N) is 2. The van der Waals surface area contributed by atoms with Gasteiger partial charge in [-0.1, -0.05) is 30.3 Å². The maximum absolute atomic E-state index is 13.2. The number of piperidine rings is 1. The van der Waals surface area contributed by atoms with Gasteiger partial charge >= 0.3 is 0 Å². The van der Waals surface area contributed by atoms with Crippen LogP contribution in [-0.2, 0) is 0 Å². The summed E-state index contributed by atoms with van der Waals surface area (Å²) in [5, 5.41) is 3.11. The van der Waals surface area contributed by atoms with Crippen LogP contribution in [0, 0.1) is 6.92 Å². The third-order valence-corrected chi connectivity index (χ3v) is 6.76. The minimum atomic E-state index is -0.127. The van der Waals surface area contributed by atoms with E-state index in [0.29, 0.717) is 35.7 Å². The molecule has 36 heavy (non-hydrogen) atoms. The minimum Gasteiger partial charge on any atom is -0.493 e. The number of carbonyl (C=O) groups excluding carboxylic acids is 2. The van der Waals surface area contributed by atoms with Crippen molar-refractivity contribution in [3.63, 3.8) is 0 Å². The Morgan fingerprint density at radius 1 is 0.972 bits per heavy atom. The predicted molar refractivity (Wildman–Crippen MR) is 139 cm³/mol. The summed E-state index contributed by atoms with van der Waals surface area (Å²) in [6, 6.07) is 18.7. The molecule has 1 aromatic heterocycles. The van der Waals surface area contributed by atoms with Gasteiger partial charge in [0, 0.05) is 30.3 Å². The molecule has 0 aliphatic carbocycles. The van der Waals surface area contributed by atoms with Gasteiger partial charge in [-0.3, -0.25) is 14.6 Å². The number of aromatic nitrogens is 1. The van der Waals surface area contributed by atoms with Gasteiger partial charge in [0.05, 0.1) is 31.5 Å². The Labute approximate surface area is 212 Å². The van der Waals surface area contributed by atoms with Crippen molar-refractivity contribution in [2.24, 2.45) is 0 Å². The summed E-state index contributed by atoms with van der Waals surface area (Å²) in [6.07, 6.45) is 1.48. The summed E-state index contributed by atoms with van der Waals surface area (Å²) in [5.74, 6) is 1.05. The maximum atomic E-state index is 13.2. The van der Waals surface area contributed by atoms with Gasteiger partial charge in [-0.2, -0.15) is 0 Å². The first-order valence-electron chi connectivity index (χ1n) is 12.3. The minimum absolute atomic E-state index is 0.0405. The molecule has 0 saturated carbocycles. The molecule has 1 aliphatic heterocycles. The fourth-order valence-electron chi connectivity index (χ4n) is 4.69. The van der Waals surface area contributed by atoms with Crippen molar-refractivity contribution in [3.8, 4) is 11.5 Å². The van der Waals surface area contributed by atoms with Gasteiger partial charge in [-0.15, -0.1) is 0 Å². The summed E-state index contributed by atoms with van der Waals surface area (Å²) in [6.45, 7) is 5.10. The topological polar surface area (TPSA) is 80.8 Å². The highest BCUT2D eigenvalue weighted by Crippen LogP contribution is 2.32. The van der Waals surface area contributed by atoms with Crippen molar-refractivity contribution in [1.29, 1.82) is 0 Å². The van der Waals surface area contributed by atoms with E-state index in [1.807, 2.05) is 61.2 Å². The number of pyridine rings is 1. The number of methoxy groups -OCH3 is 2. The first-order valence-corrected chi connectivity index (χ1v) is 12.3. The second-order valence-electron chi connectivity index (χ2n) is 9.13. The van der Waals surface area contributed by atoms with E-state index in [2.05, 4.69) is 5.32 Å². The number of hydrogen-bond donors (Lipinski definition) is 1. The molecule has 0 bridgehead atoms. The molecule has 2 heterocycles. The molecule has 188 valence electrons. The smallest absolute Gasteiger partial charge is 0.253 e. The first-order chi connectivity index (χ1) is 17.4. The maximum Gasteiger partial charge on any atom is 0.253 e. The summed E-state index contributed by atoms with van der Waals surface area (Å²) >= 11 is 0. The zero-order valence-electron chi connectivity index (χ0n) is 21.3. The summed E-state index contributed by atoms with van der Waals surface area (Å²) in [5.41, 5.74) is 3.91. The van der Waals surface area contributed by atoms with Gasteiger partial charge in [0.15, 0.2) is 11.5 Å². The van der Waals surface area contributed by atoms with Crippen LogP contribution in [-0.4, -0.2) is 49.0 Å². The second kappa shape index (κ2) is 11.2. The molecule has 0 spiro atoms. The van der Waals surface area contributed by atoms with Crippen LogP contribution in [0.3, 0.4) is 0 Å². The van der Waals surface area contributed by atoms with Crippen molar-refractivity contribution in [2.45, 2.75) is 38.6 Å². The van der Waals surface area contributed by atoms with Crippen LogP contribution in [0.4, 0.5) is 0 Å². The molecule has 1 aliphatic rings. The van der Waals surface area contributed by atoms with E-state index in [-0.39, 0.29) is 23.8 Å². The molecule has 1 fully saturated rings. The second-order valence-corrected chi connectivity index (χ2v) is 9.13. The van der Waals surface area contributed by atoms with Gasteiger partial charge in [-0.25, -0.2) is 0 Å². The van der Waals surface area contributed by atoms with E-state index >= 15 is 0 Å². The number of rotatable bonds is 7. The quantitative estimate of drug-likeness (QED) is 0.512. The molecule has 0 unspecified atom stereocenters. The van der Waals surface area contributed by atoms with Crippen molar-refractivity contribution in [2.75, 3.05) is 27.3 Å². The standard InChI is InChI=1S/C29H33N3O4/c1-19-10-12-24(28(33)31-20(2)21-8-6-5-7-9-21)27(30-19)22-14-16-32(17-15-22)29(34)23-11-13-25(35-3)26(18-23)36-4/h5-13,18,20,22H,14-17H2,1-4H3,(H,31,33)/t20-/m1/s1. The van der Waals surface area contributed by atoms with Crippen LogP contribution in [0.1, 0.15) is 69.4 Å². The zero-order chi connectivity index (χ0) is 25.7. The number of hydrogen-bond acceptors (Lipinski definition) is 5. The third kappa shape index (κ3) is 5.51. The first kappa shape index (κ1) is 25.2. The highest BCUT2D eigenvalue weighted by Gasteiger charge is 2.29. The van der Waals surface area contributed by atoms with Crippen molar-refractivity contribution >= 4 is 11.8 Å². The number of aryl methyl sites for hydroxylation is 1. The monoisotopic (exact) mass is 487 g/mol. The van der Waals surface area contributed by atoms with Crippen molar-refractivity contribution in [3.05, 3.63) is 88.7 Å². The van der Waals surface area contributed by atoms with E-state index in [1.54, 1.807) is 32.4 Å². The molecule has 7 nitrogen and oxygen atoms in total. The molecule has 7 heteroatoms. The molecule has 0 radical (unpaired) electrons. The van der Waals surface area contributed by atoms with Crippen LogP contribution >= 0.6 is 0 Å². The summed E-state index contributed by atoms with van der Waals surface area (Å²) < 4.78 is 10.6. The summed E-state index contributed by atoms with van der Waals surface area (Å²) in [4.78, 5) is 33.0. The highest BCUT2D eigenvalue weighted by atomic mass is 16.5. The molecule has 2 amide bonds. The Morgan fingerprint density at radius 2 is 1.67 bits per heavy atom. The number of benzene rings is 2. The lowest BCUT2D eigenvalue weighted by atomic mass is 9.89. The molecule has 1 N–H and O–H groups in total. The van der Waals surface area contributed by atoms with E-state index in [1.165, 1.54) is 0 Å². The largest absolute Gasteiger partial charge is 0.493 e. The van der Waals surface area contributed by atoms with E-state index in [9.17, 15) is 9.59 Å². The van der Waals surface area contributed by atoms with Gasteiger partial charge in [0.1, 0.15) is 0 Å². The molecule has 3 aromatic rings. The van der Waals surface area contributed by atoms with Crippen LogP contribution in [0.25, 0.3) is 0 Å². The fraction of sp³-hybridized carbons (Fsp3) is 0.345. The lowest BCUT2D eigenvalue weighted by Gasteiger charge is -2.32. The van der Waals surface area contributed by atoms with E-state index < -0.39 is 0 Å². The van der Waals surface area contributed by atoms with Gasteiger partial charge in [0.2, 0.25) is 0 Å². The van der Waals surface area contributed by atoms with Crippen molar-refractivity contribution < 1.29 is 19.1 Å². The lowest BCUT2D eigenvalue weighted by Crippen LogP contribution is -2.38. The molecule has 1 saturated heterocycles. The van der Waals surface area contributed by atoms with Crippen LogP contribution in [0.2, 0.25) is 0 Å². The molecule has 4 rings (SSSR count). The Balaban J connectivity index is 1.46. The number of nitrogens with one attached hydrogen (secondary N) is 1. The number of amides is 2. The molecular weight excluding hydrogens is 454 g/mol. The van der Waals surface area contributed by atoms with Crippen LogP contribution < -0.4 is 14.8 Å². The lowest BCUT2D eigenvalue weighted by molar-refractivity contribution is 0.0710. The number of likely N-dealkylation sites (tertiary alicyclic amines) is 1. The fourth-order valence-corrected chi connectivity index (χ4v) is 4.69. The predicted octanol–water partition coefficient (Wildman–Crippen LogP) is 4.92. The zero-order valence-corrected chi connectivity index (χ0v) is 21.3. The Hall–Kier alpha value is -3.87. The van der Waals surface area contributed by atoms with E-state index in [0.717, 1.165) is 29.8 Å². The molecule has 2 aromatic carbocycles. The van der Waals surface area contributed by atoms with E-state index in [4.69, 9.17) is 14.5 Å². The highest BCUT2D eigenvalue weighted by molar-refractivity contribution is 5.96. The summed E-state index contributed by atoms with van der Waals surface area (Å²) in [7, 11) is 3.13. The third-order valence-electron chi connectivity index (χ3n) is 6.76. The van der Waals surface area contributed by atoms with Gasteiger partial charge in [-0.05, 0) is 62.6 Å². The van der Waals surface area contributed by atoms with Gasteiger partial charge in [0.25, 0.3) is 11.8 Å². The number of ether oxygens (including phenoxy) is 2. The SMILES string of the molecule is COc1ccc(C(=O)N2CCC(c3nc(C)ccc3C(=O)N[C@H](C)c3ccccc3)CC2)cc1OC. The number of carbonyl (C=O) groups is 2. The normalized spacial score (nSPS) is 14.7.